The van der Waals surface area contributed by atoms with E-state index in [0.717, 1.165) is 6.20 Å². The molecule has 0 saturated heterocycles. The molecule has 76 valence electrons. The Hall–Kier alpha value is -1.56. The van der Waals surface area contributed by atoms with E-state index in [9.17, 15) is 9.18 Å². The molecule has 0 amide bonds. The van der Waals surface area contributed by atoms with Gasteiger partial charge in [0.1, 0.15) is 5.69 Å². The van der Waals surface area contributed by atoms with Gasteiger partial charge in [-0.3, -0.25) is 0 Å². The van der Waals surface area contributed by atoms with Crippen LogP contribution in [0.1, 0.15) is 16.3 Å². The van der Waals surface area contributed by atoms with Gasteiger partial charge in [-0.25, -0.2) is 19.2 Å². The largest absolute Gasteiger partial charge is 0.463 e. The Morgan fingerprint density at radius 1 is 1.57 bits per heavy atom. The highest BCUT2D eigenvalue weighted by molar-refractivity contribution is 5.84. The summed E-state index contributed by atoms with van der Waals surface area (Å²) in [7, 11) is 2.60. The van der Waals surface area contributed by atoms with Gasteiger partial charge in [0.2, 0.25) is 5.82 Å². The van der Waals surface area contributed by atoms with Crippen LogP contribution in [-0.4, -0.2) is 30.2 Å². The summed E-state index contributed by atoms with van der Waals surface area (Å²) >= 11 is 0. The zero-order valence-electron chi connectivity index (χ0n) is 7.78. The molecule has 5 nitrogen and oxygen atoms in total. The van der Waals surface area contributed by atoms with Crippen molar-refractivity contribution in [2.75, 3.05) is 14.2 Å². The summed E-state index contributed by atoms with van der Waals surface area (Å²) < 4.78 is 22.0. The summed E-state index contributed by atoms with van der Waals surface area (Å²) in [6.45, 7) is -0.0155. The van der Waals surface area contributed by atoms with Gasteiger partial charge in [-0.1, -0.05) is 0 Å². The molecule has 6 heteroatoms. The van der Waals surface area contributed by atoms with E-state index in [0.29, 0.717) is 0 Å². The predicted molar refractivity (Wildman–Crippen MR) is 44.0 cm³/mol. The summed E-state index contributed by atoms with van der Waals surface area (Å²) in [4.78, 5) is 18.1. The number of aromatic nitrogens is 2. The van der Waals surface area contributed by atoms with E-state index in [1.807, 2.05) is 0 Å². The minimum Gasteiger partial charge on any atom is -0.463 e. The van der Waals surface area contributed by atoms with Crippen LogP contribution in [0, 0.1) is 5.82 Å². The van der Waals surface area contributed by atoms with Crippen molar-refractivity contribution in [2.24, 2.45) is 0 Å². The second-order valence-corrected chi connectivity index (χ2v) is 2.41. The number of nitrogens with zero attached hydrogens (tertiary/aromatic N) is 2. The Morgan fingerprint density at radius 2 is 2.29 bits per heavy atom. The minimum absolute atomic E-state index is 0.0155. The number of methoxy groups -OCH3 is 2. The van der Waals surface area contributed by atoms with E-state index >= 15 is 0 Å². The number of carbonyl (C=O) groups is 1. The van der Waals surface area contributed by atoms with Crippen LogP contribution in [0.3, 0.4) is 0 Å². The molecule has 0 aromatic carbocycles. The first-order valence-corrected chi connectivity index (χ1v) is 3.77. The first-order valence-electron chi connectivity index (χ1n) is 3.77. The van der Waals surface area contributed by atoms with Gasteiger partial charge in [-0.15, -0.1) is 0 Å². The molecule has 0 bridgehead atoms. The lowest BCUT2D eigenvalue weighted by Crippen LogP contribution is -2.10. The number of ether oxygens (including phenoxy) is 2. The molecule has 1 rings (SSSR count). The number of carbonyl (C=O) groups excluding carboxylic acids is 1. The molecule has 0 fully saturated rings. The molecule has 1 aromatic rings. The molecule has 14 heavy (non-hydrogen) atoms. The molecule has 1 heterocycles. The Morgan fingerprint density at radius 3 is 2.86 bits per heavy atom. The summed E-state index contributed by atoms with van der Waals surface area (Å²) in [6.07, 6.45) is 0.910. The summed E-state index contributed by atoms with van der Waals surface area (Å²) in [5, 5.41) is 0. The van der Waals surface area contributed by atoms with E-state index < -0.39 is 11.8 Å². The Bertz CT molecular complexity index is 343. The van der Waals surface area contributed by atoms with Gasteiger partial charge in [-0.2, -0.15) is 0 Å². The lowest BCUT2D eigenvalue weighted by molar-refractivity contribution is 0.0585. The zero-order valence-corrected chi connectivity index (χ0v) is 7.78. The molecular weight excluding hydrogens is 191 g/mol. The third kappa shape index (κ3) is 2.23. The number of halogens is 1. The van der Waals surface area contributed by atoms with Crippen molar-refractivity contribution in [3.63, 3.8) is 0 Å². The molecular formula is C8H9FN2O3. The van der Waals surface area contributed by atoms with E-state index in [2.05, 4.69) is 14.7 Å². The number of hydrogen-bond acceptors (Lipinski definition) is 5. The standard InChI is InChI=1S/C8H9FN2O3/c1-13-4-6-5(9)3-10-7(11-6)8(12)14-2/h3H,4H2,1-2H3. The maximum Gasteiger partial charge on any atom is 0.376 e. The van der Waals surface area contributed by atoms with Crippen LogP contribution in [-0.2, 0) is 16.1 Å². The Kier molecular flexibility index (Phi) is 3.47. The molecule has 1 aromatic heterocycles. The van der Waals surface area contributed by atoms with E-state index in [1.165, 1.54) is 14.2 Å². The van der Waals surface area contributed by atoms with Crippen molar-refractivity contribution in [3.8, 4) is 0 Å². The number of esters is 1. The molecule has 0 saturated carbocycles. The summed E-state index contributed by atoms with van der Waals surface area (Å²) in [5.41, 5.74) is 0.0305. The van der Waals surface area contributed by atoms with Crippen molar-refractivity contribution in [2.45, 2.75) is 6.61 Å². The molecule has 0 spiro atoms. The maximum atomic E-state index is 13.0. The average Bonchev–Trinajstić information content (AvgIpc) is 2.20. The molecule has 0 N–H and O–H groups in total. The van der Waals surface area contributed by atoms with Crippen LogP contribution < -0.4 is 0 Å². The van der Waals surface area contributed by atoms with Gasteiger partial charge >= 0.3 is 5.97 Å². The maximum absolute atomic E-state index is 13.0. The van der Waals surface area contributed by atoms with Crippen molar-refractivity contribution in [1.29, 1.82) is 0 Å². The van der Waals surface area contributed by atoms with Gasteiger partial charge in [0.15, 0.2) is 5.82 Å². The minimum atomic E-state index is -0.706. The van der Waals surface area contributed by atoms with E-state index in [4.69, 9.17) is 4.74 Å². The Labute approximate surface area is 79.9 Å². The first-order chi connectivity index (χ1) is 6.69. The molecule has 0 radical (unpaired) electrons. The summed E-state index contributed by atoms with van der Waals surface area (Å²) in [6, 6.07) is 0. The van der Waals surface area contributed by atoms with Crippen LogP contribution in [0.25, 0.3) is 0 Å². The fraction of sp³-hybridized carbons (Fsp3) is 0.375. The topological polar surface area (TPSA) is 61.3 Å². The SMILES string of the molecule is COCc1nc(C(=O)OC)ncc1F. The van der Waals surface area contributed by atoms with Crippen LogP contribution in [0.5, 0.6) is 0 Å². The van der Waals surface area contributed by atoms with Gasteiger partial charge < -0.3 is 9.47 Å². The molecule has 0 aliphatic carbocycles. The highest BCUT2D eigenvalue weighted by Gasteiger charge is 2.12. The van der Waals surface area contributed by atoms with Crippen molar-refractivity contribution >= 4 is 5.97 Å². The van der Waals surface area contributed by atoms with Crippen LogP contribution in [0.4, 0.5) is 4.39 Å². The molecule has 0 unspecified atom stereocenters. The van der Waals surface area contributed by atoms with Gasteiger partial charge in [-0.05, 0) is 0 Å². The van der Waals surface area contributed by atoms with E-state index in [1.54, 1.807) is 0 Å². The van der Waals surface area contributed by atoms with E-state index in [-0.39, 0.29) is 18.1 Å². The highest BCUT2D eigenvalue weighted by atomic mass is 19.1. The predicted octanol–water partition coefficient (Wildman–Crippen LogP) is 0.549. The normalized spacial score (nSPS) is 9.93. The molecule has 0 aliphatic heterocycles. The summed E-state index contributed by atoms with van der Waals surface area (Å²) in [5.74, 6) is -1.50. The second-order valence-electron chi connectivity index (χ2n) is 2.41. The third-order valence-corrected chi connectivity index (χ3v) is 1.47. The fourth-order valence-corrected chi connectivity index (χ4v) is 0.830. The molecule has 0 atom stereocenters. The van der Waals surface area contributed by atoms with Crippen LogP contribution >= 0.6 is 0 Å². The van der Waals surface area contributed by atoms with Crippen LogP contribution in [0.15, 0.2) is 6.20 Å². The van der Waals surface area contributed by atoms with Crippen LogP contribution in [0.2, 0.25) is 0 Å². The Balaban J connectivity index is 2.99. The van der Waals surface area contributed by atoms with Gasteiger partial charge in [0, 0.05) is 7.11 Å². The third-order valence-electron chi connectivity index (χ3n) is 1.47. The average molecular weight is 200 g/mol. The van der Waals surface area contributed by atoms with Crippen molar-refractivity contribution in [3.05, 3.63) is 23.5 Å². The quantitative estimate of drug-likeness (QED) is 0.667. The number of rotatable bonds is 3. The van der Waals surface area contributed by atoms with Crippen molar-refractivity contribution in [1.82, 2.24) is 9.97 Å². The lowest BCUT2D eigenvalue weighted by atomic mass is 10.4. The van der Waals surface area contributed by atoms with Gasteiger partial charge in [0.25, 0.3) is 0 Å². The zero-order chi connectivity index (χ0) is 10.6. The smallest absolute Gasteiger partial charge is 0.376 e. The fourth-order valence-electron chi connectivity index (χ4n) is 0.830. The second kappa shape index (κ2) is 4.61. The lowest BCUT2D eigenvalue weighted by Gasteiger charge is -2.02. The highest BCUT2D eigenvalue weighted by Crippen LogP contribution is 2.04. The van der Waals surface area contributed by atoms with Gasteiger partial charge in [0.05, 0.1) is 19.9 Å². The molecule has 0 aliphatic rings. The number of hydrogen-bond donors (Lipinski definition) is 0. The monoisotopic (exact) mass is 200 g/mol. The van der Waals surface area contributed by atoms with Crippen molar-refractivity contribution < 1.29 is 18.7 Å². The first kappa shape index (κ1) is 10.5.